The molecule has 3 unspecified atom stereocenters. The molecule has 1 aromatic carbocycles. The van der Waals surface area contributed by atoms with E-state index in [9.17, 15) is 10.2 Å². The lowest BCUT2D eigenvalue weighted by Crippen LogP contribution is -2.45. The molecule has 0 saturated carbocycles. The normalized spacial score (nSPS) is 25.1. The van der Waals surface area contributed by atoms with Gasteiger partial charge < -0.3 is 34.3 Å². The molecule has 0 amide bonds. The fourth-order valence-electron chi connectivity index (χ4n) is 6.09. The molecule has 8 bridgehead atoms. The fraction of sp³-hybridized carbons (Fsp3) is 0.536. The maximum absolute atomic E-state index is 11.1. The number of pyridine rings is 1. The van der Waals surface area contributed by atoms with E-state index in [1.807, 2.05) is 24.3 Å². The first-order chi connectivity index (χ1) is 19.1. The predicted octanol–water partition coefficient (Wildman–Crippen LogP) is 3.41. The number of benzene rings is 1. The van der Waals surface area contributed by atoms with Crippen LogP contribution in [-0.2, 0) is 0 Å². The SMILES string of the molecule is OCCSNc1ccc2c(c1)N1CCC(CC1)CC(O)C(O)C1CCCN(C1)c1cc(ccn1)-c1nnc-2o1. The van der Waals surface area contributed by atoms with E-state index in [1.165, 1.54) is 11.9 Å². The van der Waals surface area contributed by atoms with Gasteiger partial charge in [-0.05, 0) is 68.4 Å². The summed E-state index contributed by atoms with van der Waals surface area (Å²) < 4.78 is 9.56. The average Bonchev–Trinajstić information content (AvgIpc) is 3.47. The van der Waals surface area contributed by atoms with Gasteiger partial charge in [0, 0.05) is 55.3 Å². The van der Waals surface area contributed by atoms with Crippen molar-refractivity contribution >= 4 is 29.1 Å². The summed E-state index contributed by atoms with van der Waals surface area (Å²) in [5, 5.41) is 40.2. The highest BCUT2D eigenvalue weighted by atomic mass is 32.2. The summed E-state index contributed by atoms with van der Waals surface area (Å²) in [4.78, 5) is 9.12. The molecule has 4 aliphatic rings. The zero-order chi connectivity index (χ0) is 26.8. The van der Waals surface area contributed by atoms with E-state index in [1.54, 1.807) is 6.20 Å². The number of nitrogens with one attached hydrogen (secondary N) is 1. The van der Waals surface area contributed by atoms with Gasteiger partial charge in [0.15, 0.2) is 0 Å². The number of aliphatic hydroxyl groups is 3. The Kier molecular flexibility index (Phi) is 7.92. The molecule has 0 spiro atoms. The molecule has 2 fully saturated rings. The number of hydrogen-bond donors (Lipinski definition) is 4. The number of aromatic nitrogens is 3. The van der Waals surface area contributed by atoms with Crippen molar-refractivity contribution < 1.29 is 19.7 Å². The lowest BCUT2D eigenvalue weighted by molar-refractivity contribution is -0.0331. The van der Waals surface area contributed by atoms with Crippen LogP contribution in [-0.4, -0.2) is 81.2 Å². The van der Waals surface area contributed by atoms with Gasteiger partial charge in [0.2, 0.25) is 11.8 Å². The Morgan fingerprint density at radius 1 is 1.00 bits per heavy atom. The van der Waals surface area contributed by atoms with Gasteiger partial charge in [-0.2, -0.15) is 0 Å². The van der Waals surface area contributed by atoms with Gasteiger partial charge in [-0.1, -0.05) is 11.9 Å². The Hall–Kier alpha value is -2.86. The van der Waals surface area contributed by atoms with Gasteiger partial charge in [-0.15, -0.1) is 10.2 Å². The zero-order valence-corrected chi connectivity index (χ0v) is 22.8. The number of anilines is 3. The first kappa shape index (κ1) is 26.4. The molecule has 3 aromatic rings. The van der Waals surface area contributed by atoms with Crippen molar-refractivity contribution in [3.8, 4) is 22.9 Å². The Labute approximate surface area is 232 Å². The smallest absolute Gasteiger partial charge is 0.250 e. The monoisotopic (exact) mass is 552 g/mol. The number of rotatable bonds is 4. The number of hydrogen-bond acceptors (Lipinski definition) is 11. The molecule has 6 heterocycles. The molecule has 11 heteroatoms. The lowest BCUT2D eigenvalue weighted by atomic mass is 9.83. The molecule has 208 valence electrons. The van der Waals surface area contributed by atoms with Crippen molar-refractivity contribution in [2.75, 3.05) is 53.1 Å². The number of nitrogens with zero attached hydrogens (tertiary/aromatic N) is 5. The number of aliphatic hydroxyl groups excluding tert-OH is 3. The highest BCUT2D eigenvalue weighted by Crippen LogP contribution is 2.38. The molecule has 3 atom stereocenters. The molecule has 0 radical (unpaired) electrons. The van der Waals surface area contributed by atoms with Crippen LogP contribution >= 0.6 is 11.9 Å². The lowest BCUT2D eigenvalue weighted by Gasteiger charge is -2.39. The van der Waals surface area contributed by atoms with Crippen LogP contribution in [0.3, 0.4) is 0 Å². The molecule has 2 aromatic heterocycles. The molecule has 0 aliphatic carbocycles. The van der Waals surface area contributed by atoms with E-state index in [4.69, 9.17) is 9.52 Å². The van der Waals surface area contributed by atoms with Crippen LogP contribution in [0, 0.1) is 11.8 Å². The molecule has 10 nitrogen and oxygen atoms in total. The largest absolute Gasteiger partial charge is 0.416 e. The summed E-state index contributed by atoms with van der Waals surface area (Å²) in [6.07, 6.45) is 4.57. The fourth-order valence-corrected chi connectivity index (χ4v) is 6.58. The standard InChI is InChI=1S/C28H36N6O4S/c35-12-13-39-32-21-3-4-22-23(16-21)33-10-6-18(7-11-33)14-24(36)26(37)20-2-1-9-34(17-20)25-15-19(5-8-29-25)27-30-31-28(22)38-27/h3-5,8,15-16,18,20,24,26,32,35-37H,1-2,6-7,9-14,17H2. The van der Waals surface area contributed by atoms with Gasteiger partial charge >= 0.3 is 0 Å². The van der Waals surface area contributed by atoms with Gasteiger partial charge in [0.05, 0.1) is 30.1 Å². The van der Waals surface area contributed by atoms with E-state index >= 15 is 0 Å². The van der Waals surface area contributed by atoms with E-state index in [0.29, 0.717) is 36.4 Å². The van der Waals surface area contributed by atoms with E-state index in [-0.39, 0.29) is 12.5 Å². The van der Waals surface area contributed by atoms with Crippen molar-refractivity contribution in [3.63, 3.8) is 0 Å². The minimum Gasteiger partial charge on any atom is -0.416 e. The summed E-state index contributed by atoms with van der Waals surface area (Å²) in [6, 6.07) is 9.92. The van der Waals surface area contributed by atoms with Crippen LogP contribution < -0.4 is 14.5 Å². The van der Waals surface area contributed by atoms with Crippen LogP contribution in [0.25, 0.3) is 22.9 Å². The molecule has 2 saturated heterocycles. The van der Waals surface area contributed by atoms with Crippen molar-refractivity contribution in [2.24, 2.45) is 11.8 Å². The second-order valence-electron chi connectivity index (χ2n) is 10.8. The minimum atomic E-state index is -0.753. The molecule has 7 rings (SSSR count). The summed E-state index contributed by atoms with van der Waals surface area (Å²) in [5.74, 6) is 2.64. The molecule has 4 N–H and O–H groups in total. The predicted molar refractivity (Wildman–Crippen MR) is 153 cm³/mol. The zero-order valence-electron chi connectivity index (χ0n) is 21.9. The highest BCUT2D eigenvalue weighted by Gasteiger charge is 2.34. The summed E-state index contributed by atoms with van der Waals surface area (Å²) in [7, 11) is 0. The third-order valence-corrected chi connectivity index (χ3v) is 8.98. The summed E-state index contributed by atoms with van der Waals surface area (Å²) in [6.45, 7) is 3.28. The average molecular weight is 553 g/mol. The van der Waals surface area contributed by atoms with Crippen LogP contribution in [0.1, 0.15) is 32.1 Å². The number of piperidine rings is 2. The third kappa shape index (κ3) is 5.72. The third-order valence-electron chi connectivity index (χ3n) is 8.22. The van der Waals surface area contributed by atoms with Crippen molar-refractivity contribution in [1.82, 2.24) is 15.2 Å². The Balaban J connectivity index is 1.38. The highest BCUT2D eigenvalue weighted by molar-refractivity contribution is 8.00. The topological polar surface area (TPSA) is 131 Å². The molecule has 4 aliphatic heterocycles. The summed E-state index contributed by atoms with van der Waals surface area (Å²) in [5.41, 5.74) is 3.61. The quantitative estimate of drug-likeness (QED) is 0.281. The van der Waals surface area contributed by atoms with Crippen LogP contribution in [0.15, 0.2) is 40.9 Å². The van der Waals surface area contributed by atoms with E-state index in [0.717, 1.165) is 73.6 Å². The van der Waals surface area contributed by atoms with Crippen LogP contribution in [0.2, 0.25) is 0 Å². The van der Waals surface area contributed by atoms with Gasteiger partial charge in [-0.3, -0.25) is 0 Å². The van der Waals surface area contributed by atoms with Gasteiger partial charge in [-0.25, -0.2) is 4.98 Å². The second kappa shape index (κ2) is 11.7. The minimum absolute atomic E-state index is 0.00492. The first-order valence-electron chi connectivity index (χ1n) is 13.9. The van der Waals surface area contributed by atoms with Crippen LogP contribution in [0.4, 0.5) is 17.2 Å². The van der Waals surface area contributed by atoms with Gasteiger partial charge in [0.1, 0.15) is 5.82 Å². The maximum Gasteiger partial charge on any atom is 0.250 e. The van der Waals surface area contributed by atoms with E-state index in [2.05, 4.69) is 35.8 Å². The van der Waals surface area contributed by atoms with Crippen LogP contribution in [0.5, 0.6) is 0 Å². The Morgan fingerprint density at radius 2 is 1.85 bits per heavy atom. The molecular weight excluding hydrogens is 516 g/mol. The Morgan fingerprint density at radius 3 is 2.69 bits per heavy atom. The molecular formula is C28H36N6O4S. The Bertz CT molecular complexity index is 1270. The first-order valence-corrected chi connectivity index (χ1v) is 14.9. The van der Waals surface area contributed by atoms with Crippen molar-refractivity contribution in [3.05, 3.63) is 36.5 Å². The van der Waals surface area contributed by atoms with Crippen molar-refractivity contribution in [2.45, 2.75) is 44.3 Å². The van der Waals surface area contributed by atoms with E-state index < -0.39 is 12.2 Å². The van der Waals surface area contributed by atoms with Crippen molar-refractivity contribution in [1.29, 1.82) is 0 Å². The maximum atomic E-state index is 11.1. The van der Waals surface area contributed by atoms with Gasteiger partial charge in [0.25, 0.3) is 0 Å². The second-order valence-corrected chi connectivity index (χ2v) is 11.7. The number of fused-ring (bicyclic) bond motifs is 4. The summed E-state index contributed by atoms with van der Waals surface area (Å²) >= 11 is 1.46. The molecule has 39 heavy (non-hydrogen) atoms.